The molecule has 0 heterocycles. The monoisotopic (exact) mass is 344 g/mol. The number of benzene rings is 1. The van der Waals surface area contributed by atoms with Crippen molar-refractivity contribution in [1.29, 1.82) is 10.8 Å². The molecule has 9 heteroatoms. The van der Waals surface area contributed by atoms with E-state index in [0.717, 1.165) is 24.9 Å². The summed E-state index contributed by atoms with van der Waals surface area (Å²) in [7, 11) is 0. The Balaban J connectivity index is 0. The number of rotatable bonds is 5. The minimum Gasteiger partial charge on any atom is -0.465 e. The Hall–Kier alpha value is -2.48. The van der Waals surface area contributed by atoms with Gasteiger partial charge in [0, 0.05) is 13.1 Å². The molecule has 0 unspecified atom stereocenters. The van der Waals surface area contributed by atoms with E-state index < -0.39 is 6.09 Å². The number of hydrogen-bond donors (Lipinski definition) is 7. The van der Waals surface area contributed by atoms with Gasteiger partial charge in [-0.1, -0.05) is 43.7 Å². The summed E-state index contributed by atoms with van der Waals surface area (Å²) in [6, 6.07) is 9.38. The zero-order valence-corrected chi connectivity index (χ0v) is 13.9. The van der Waals surface area contributed by atoms with Crippen LogP contribution in [-0.4, -0.2) is 29.7 Å². The van der Waals surface area contributed by atoms with Crippen molar-refractivity contribution in [1.82, 2.24) is 16.0 Å². The second-order valence-corrected chi connectivity index (χ2v) is 4.34. The highest BCUT2D eigenvalue weighted by molar-refractivity contribution is 5.94. The largest absolute Gasteiger partial charge is 0.465 e. The average Bonchev–Trinajstić information content (AvgIpc) is 2.46. The SMILES string of the molecule is CCCCNC(=N)NC(=N)N.Cl.O=C(O)NCc1ccccc1. The van der Waals surface area contributed by atoms with Gasteiger partial charge in [0.25, 0.3) is 0 Å². The van der Waals surface area contributed by atoms with Gasteiger partial charge in [0.2, 0.25) is 0 Å². The van der Waals surface area contributed by atoms with E-state index in [0.29, 0.717) is 6.54 Å². The van der Waals surface area contributed by atoms with Gasteiger partial charge >= 0.3 is 6.09 Å². The maximum atomic E-state index is 10.1. The van der Waals surface area contributed by atoms with Crippen molar-refractivity contribution in [2.45, 2.75) is 26.3 Å². The summed E-state index contributed by atoms with van der Waals surface area (Å²) in [4.78, 5) is 10.1. The smallest absolute Gasteiger partial charge is 0.404 e. The van der Waals surface area contributed by atoms with Crippen molar-refractivity contribution >= 4 is 30.4 Å². The number of nitrogens with two attached hydrogens (primary N) is 1. The minimum atomic E-state index is -0.992. The molecule has 0 radical (unpaired) electrons. The predicted octanol–water partition coefficient (Wildman–Crippen LogP) is 1.67. The normalized spacial score (nSPS) is 8.57. The average molecular weight is 345 g/mol. The number of hydrogen-bond acceptors (Lipinski definition) is 3. The molecular weight excluding hydrogens is 320 g/mol. The summed E-state index contributed by atoms with van der Waals surface area (Å²) < 4.78 is 0. The van der Waals surface area contributed by atoms with E-state index in [9.17, 15) is 4.79 Å². The third kappa shape index (κ3) is 15.7. The van der Waals surface area contributed by atoms with E-state index in [1.165, 1.54) is 0 Å². The Bertz CT molecular complexity index is 470. The summed E-state index contributed by atoms with van der Waals surface area (Å²) in [5.74, 6) is -0.120. The van der Waals surface area contributed by atoms with Crippen molar-refractivity contribution in [2.24, 2.45) is 5.73 Å². The van der Waals surface area contributed by atoms with Crippen LogP contribution in [-0.2, 0) is 6.54 Å². The zero-order chi connectivity index (χ0) is 16.8. The van der Waals surface area contributed by atoms with Crippen LogP contribution in [0, 0.1) is 10.8 Å². The molecule has 1 amide bonds. The molecule has 1 rings (SSSR count). The third-order valence-corrected chi connectivity index (χ3v) is 2.38. The third-order valence-electron chi connectivity index (χ3n) is 2.38. The number of nitrogens with one attached hydrogen (secondary N) is 5. The molecular formula is C14H25ClN6O2. The number of carbonyl (C=O) groups is 1. The van der Waals surface area contributed by atoms with Gasteiger partial charge < -0.3 is 21.5 Å². The first-order chi connectivity index (χ1) is 10.5. The summed E-state index contributed by atoms with van der Waals surface area (Å²) in [5, 5.41) is 29.6. The van der Waals surface area contributed by atoms with Crippen molar-refractivity contribution < 1.29 is 9.90 Å². The van der Waals surface area contributed by atoms with Crippen LogP contribution in [0.3, 0.4) is 0 Å². The van der Waals surface area contributed by atoms with Gasteiger partial charge in [-0.15, -0.1) is 12.4 Å². The van der Waals surface area contributed by atoms with Crippen molar-refractivity contribution in [3.05, 3.63) is 35.9 Å². The van der Waals surface area contributed by atoms with Crippen LogP contribution in [0.2, 0.25) is 0 Å². The van der Waals surface area contributed by atoms with Crippen LogP contribution in [0.4, 0.5) is 4.79 Å². The topological polar surface area (TPSA) is 147 Å². The van der Waals surface area contributed by atoms with Crippen LogP contribution < -0.4 is 21.7 Å². The maximum Gasteiger partial charge on any atom is 0.404 e. The van der Waals surface area contributed by atoms with Gasteiger partial charge in [-0.3, -0.25) is 16.1 Å². The van der Waals surface area contributed by atoms with E-state index >= 15 is 0 Å². The van der Waals surface area contributed by atoms with Crippen LogP contribution in [0.5, 0.6) is 0 Å². The number of amides is 1. The fourth-order valence-corrected chi connectivity index (χ4v) is 1.34. The highest BCUT2D eigenvalue weighted by Crippen LogP contribution is 1.96. The molecule has 1 aromatic carbocycles. The molecule has 130 valence electrons. The lowest BCUT2D eigenvalue weighted by atomic mass is 10.2. The number of carboxylic acid groups (broad SMARTS) is 1. The van der Waals surface area contributed by atoms with Crippen molar-refractivity contribution in [3.63, 3.8) is 0 Å². The molecule has 0 fully saturated rings. The first-order valence-electron chi connectivity index (χ1n) is 6.89. The Morgan fingerprint density at radius 3 is 2.30 bits per heavy atom. The van der Waals surface area contributed by atoms with E-state index in [1.54, 1.807) is 0 Å². The minimum absolute atomic E-state index is 0. The number of halogens is 1. The molecule has 0 aliphatic rings. The molecule has 8 N–H and O–H groups in total. The fourth-order valence-electron chi connectivity index (χ4n) is 1.34. The number of guanidine groups is 2. The maximum absolute atomic E-state index is 10.1. The first-order valence-corrected chi connectivity index (χ1v) is 6.89. The quantitative estimate of drug-likeness (QED) is 0.246. The van der Waals surface area contributed by atoms with Crippen LogP contribution >= 0.6 is 12.4 Å². The number of unbranched alkanes of at least 4 members (excludes halogenated alkanes) is 1. The summed E-state index contributed by atoms with van der Waals surface area (Å²) in [5.41, 5.74) is 5.96. The van der Waals surface area contributed by atoms with Crippen LogP contribution in [0.15, 0.2) is 30.3 Å². The molecule has 0 aromatic heterocycles. The molecule has 0 spiro atoms. The second kappa shape index (κ2) is 14.5. The first kappa shape index (κ1) is 22.8. The summed E-state index contributed by atoms with van der Waals surface area (Å²) in [6.45, 7) is 3.19. The molecule has 8 nitrogen and oxygen atoms in total. The van der Waals surface area contributed by atoms with Gasteiger partial charge in [0.15, 0.2) is 11.9 Å². The van der Waals surface area contributed by atoms with Crippen LogP contribution in [0.25, 0.3) is 0 Å². The molecule has 1 aromatic rings. The van der Waals surface area contributed by atoms with Crippen molar-refractivity contribution in [2.75, 3.05) is 6.54 Å². The lowest BCUT2D eigenvalue weighted by Crippen LogP contribution is -2.43. The fraction of sp³-hybridized carbons (Fsp3) is 0.357. The van der Waals surface area contributed by atoms with E-state index in [-0.39, 0.29) is 24.3 Å². The highest BCUT2D eigenvalue weighted by Gasteiger charge is 1.94. The standard InChI is InChI=1S/C8H9NO2.C6H15N5.ClH/c10-8(11)9-6-7-4-2-1-3-5-7;1-2-3-4-10-6(9)11-5(7)8;/h1-5,9H,6H2,(H,10,11);2-4H2,1H3,(H6,7,8,9,10,11);1H. The van der Waals surface area contributed by atoms with Crippen LogP contribution in [0.1, 0.15) is 25.3 Å². The van der Waals surface area contributed by atoms with Gasteiger partial charge in [-0.2, -0.15) is 0 Å². The molecule has 0 bridgehead atoms. The van der Waals surface area contributed by atoms with E-state index in [4.69, 9.17) is 21.7 Å². The molecule has 0 saturated heterocycles. The van der Waals surface area contributed by atoms with Gasteiger partial charge in [0.1, 0.15) is 0 Å². The summed E-state index contributed by atoms with van der Waals surface area (Å²) >= 11 is 0. The second-order valence-electron chi connectivity index (χ2n) is 4.34. The Morgan fingerprint density at radius 1 is 1.22 bits per heavy atom. The molecule has 0 saturated carbocycles. The lowest BCUT2D eigenvalue weighted by molar-refractivity contribution is 0.194. The van der Waals surface area contributed by atoms with E-state index in [1.807, 2.05) is 30.3 Å². The Morgan fingerprint density at radius 2 is 1.83 bits per heavy atom. The highest BCUT2D eigenvalue weighted by atomic mass is 35.5. The lowest BCUT2D eigenvalue weighted by Gasteiger charge is -2.06. The predicted molar refractivity (Wildman–Crippen MR) is 94.2 cm³/mol. The van der Waals surface area contributed by atoms with Gasteiger partial charge in [0.05, 0.1) is 0 Å². The van der Waals surface area contributed by atoms with Crippen molar-refractivity contribution in [3.8, 4) is 0 Å². The Kier molecular flexibility index (Phi) is 14.3. The zero-order valence-electron chi connectivity index (χ0n) is 13.1. The van der Waals surface area contributed by atoms with Gasteiger partial charge in [-0.25, -0.2) is 4.79 Å². The Labute approximate surface area is 142 Å². The summed E-state index contributed by atoms with van der Waals surface area (Å²) in [6.07, 6.45) is 1.11. The van der Waals surface area contributed by atoms with E-state index in [2.05, 4.69) is 22.9 Å². The molecule has 0 aliphatic heterocycles. The molecule has 23 heavy (non-hydrogen) atoms. The van der Waals surface area contributed by atoms with Gasteiger partial charge in [-0.05, 0) is 12.0 Å². The molecule has 0 aliphatic carbocycles. The molecule has 0 atom stereocenters.